The number of rotatable bonds is 5. The summed E-state index contributed by atoms with van der Waals surface area (Å²) in [5.74, 6) is -0.392. The van der Waals surface area contributed by atoms with Gasteiger partial charge in [0.1, 0.15) is 0 Å². The first-order valence-corrected chi connectivity index (χ1v) is 8.22. The molecule has 120 valence electrons. The fourth-order valence-corrected chi connectivity index (χ4v) is 2.65. The van der Waals surface area contributed by atoms with Crippen LogP contribution in [-0.4, -0.2) is 18.4 Å². The van der Waals surface area contributed by atoms with Gasteiger partial charge in [-0.3, -0.25) is 9.59 Å². The van der Waals surface area contributed by atoms with Crippen molar-refractivity contribution in [1.82, 2.24) is 5.32 Å². The Labute approximate surface area is 148 Å². The van der Waals surface area contributed by atoms with E-state index in [0.717, 1.165) is 10.0 Å². The van der Waals surface area contributed by atoms with Crippen molar-refractivity contribution < 1.29 is 9.59 Å². The maximum atomic E-state index is 11.9. The van der Waals surface area contributed by atoms with Crippen LogP contribution in [0.1, 0.15) is 22.3 Å². The number of benzene rings is 2. The van der Waals surface area contributed by atoms with E-state index in [1.54, 1.807) is 24.3 Å². The van der Waals surface area contributed by atoms with Gasteiger partial charge in [0.15, 0.2) is 0 Å². The van der Waals surface area contributed by atoms with E-state index in [4.69, 9.17) is 11.6 Å². The summed E-state index contributed by atoms with van der Waals surface area (Å²) in [6, 6.07) is 12.3. The molecule has 2 aromatic carbocycles. The number of nitrogens with one attached hydrogen (secondary N) is 2. The smallest absolute Gasteiger partial charge is 0.251 e. The monoisotopic (exact) mass is 394 g/mol. The summed E-state index contributed by atoms with van der Waals surface area (Å²) in [4.78, 5) is 23.8. The van der Waals surface area contributed by atoms with E-state index >= 15 is 0 Å². The lowest BCUT2D eigenvalue weighted by Crippen LogP contribution is -2.27. The Morgan fingerprint density at radius 1 is 1.13 bits per heavy atom. The molecule has 2 amide bonds. The molecule has 0 heterocycles. The molecule has 0 aliphatic rings. The third kappa shape index (κ3) is 5.37. The predicted molar refractivity (Wildman–Crippen MR) is 95.9 cm³/mol. The maximum Gasteiger partial charge on any atom is 0.251 e. The standard InChI is InChI=1S/C17H16BrClN2O2/c1-11-2-7-15(14(18)10-11)21-16(22)8-9-20-17(23)12-3-5-13(19)6-4-12/h2-7,10H,8-9H2,1H3,(H,20,23)(H,21,22). The summed E-state index contributed by atoms with van der Waals surface area (Å²) in [7, 11) is 0. The van der Waals surface area contributed by atoms with Gasteiger partial charge in [0, 0.05) is 28.0 Å². The van der Waals surface area contributed by atoms with Crippen molar-refractivity contribution in [3.8, 4) is 0 Å². The van der Waals surface area contributed by atoms with Gasteiger partial charge in [-0.05, 0) is 64.8 Å². The van der Waals surface area contributed by atoms with Crippen molar-refractivity contribution in [2.45, 2.75) is 13.3 Å². The zero-order valence-corrected chi connectivity index (χ0v) is 14.9. The SMILES string of the molecule is Cc1ccc(NC(=O)CCNC(=O)c2ccc(Cl)cc2)c(Br)c1. The third-order valence-electron chi connectivity index (χ3n) is 3.14. The lowest BCUT2D eigenvalue weighted by Gasteiger charge is -2.09. The van der Waals surface area contributed by atoms with Crippen LogP contribution in [0.2, 0.25) is 5.02 Å². The van der Waals surface area contributed by atoms with Crippen LogP contribution in [0.4, 0.5) is 5.69 Å². The molecule has 0 fully saturated rings. The first kappa shape index (κ1) is 17.5. The summed E-state index contributed by atoms with van der Waals surface area (Å²) in [5.41, 5.74) is 2.32. The molecule has 2 aromatic rings. The molecule has 0 aromatic heterocycles. The van der Waals surface area contributed by atoms with Crippen molar-refractivity contribution in [2.24, 2.45) is 0 Å². The zero-order valence-electron chi connectivity index (χ0n) is 12.5. The number of aryl methyl sites for hydroxylation is 1. The van der Waals surface area contributed by atoms with Gasteiger partial charge >= 0.3 is 0 Å². The largest absolute Gasteiger partial charge is 0.352 e. The Hall–Kier alpha value is -1.85. The quantitative estimate of drug-likeness (QED) is 0.798. The Kier molecular flexibility index (Phi) is 6.19. The van der Waals surface area contributed by atoms with E-state index in [-0.39, 0.29) is 24.8 Å². The van der Waals surface area contributed by atoms with Crippen LogP contribution >= 0.6 is 27.5 Å². The average molecular weight is 396 g/mol. The number of amides is 2. The minimum Gasteiger partial charge on any atom is -0.352 e. The van der Waals surface area contributed by atoms with Gasteiger partial charge in [0.2, 0.25) is 5.91 Å². The van der Waals surface area contributed by atoms with Crippen LogP contribution in [0.25, 0.3) is 0 Å². The van der Waals surface area contributed by atoms with E-state index in [2.05, 4.69) is 26.6 Å². The van der Waals surface area contributed by atoms with Crippen LogP contribution in [0.15, 0.2) is 46.9 Å². The molecule has 23 heavy (non-hydrogen) atoms. The van der Waals surface area contributed by atoms with Gasteiger partial charge in [0.25, 0.3) is 5.91 Å². The number of hydrogen-bond donors (Lipinski definition) is 2. The Morgan fingerprint density at radius 2 is 1.83 bits per heavy atom. The molecule has 0 saturated carbocycles. The molecule has 0 aliphatic carbocycles. The summed E-state index contributed by atoms with van der Waals surface area (Å²) in [5, 5.41) is 6.08. The highest BCUT2D eigenvalue weighted by Crippen LogP contribution is 2.23. The van der Waals surface area contributed by atoms with Crippen LogP contribution < -0.4 is 10.6 Å². The third-order valence-corrected chi connectivity index (χ3v) is 4.05. The van der Waals surface area contributed by atoms with Crippen LogP contribution in [0.5, 0.6) is 0 Å². The highest BCUT2D eigenvalue weighted by atomic mass is 79.9. The number of hydrogen-bond acceptors (Lipinski definition) is 2. The highest BCUT2D eigenvalue weighted by molar-refractivity contribution is 9.10. The topological polar surface area (TPSA) is 58.2 Å². The van der Waals surface area contributed by atoms with E-state index < -0.39 is 0 Å². The van der Waals surface area contributed by atoms with Gasteiger partial charge in [-0.1, -0.05) is 17.7 Å². The van der Waals surface area contributed by atoms with Crippen molar-refractivity contribution in [1.29, 1.82) is 0 Å². The molecular formula is C17H16BrClN2O2. The zero-order chi connectivity index (χ0) is 16.8. The minimum absolute atomic E-state index is 0.161. The lowest BCUT2D eigenvalue weighted by molar-refractivity contribution is -0.116. The molecule has 0 saturated heterocycles. The van der Waals surface area contributed by atoms with Crippen molar-refractivity contribution in [3.05, 3.63) is 63.1 Å². The molecule has 2 N–H and O–H groups in total. The van der Waals surface area contributed by atoms with Crippen LogP contribution in [-0.2, 0) is 4.79 Å². The number of carbonyl (C=O) groups excluding carboxylic acids is 2. The first-order valence-electron chi connectivity index (χ1n) is 7.05. The van der Waals surface area contributed by atoms with E-state index in [9.17, 15) is 9.59 Å². The Bertz CT molecular complexity index is 717. The molecule has 0 unspecified atom stereocenters. The number of halogens is 2. The summed E-state index contributed by atoms with van der Waals surface area (Å²) < 4.78 is 0.830. The lowest BCUT2D eigenvalue weighted by atomic mass is 10.2. The number of anilines is 1. The van der Waals surface area contributed by atoms with E-state index in [0.29, 0.717) is 16.3 Å². The normalized spacial score (nSPS) is 10.2. The number of carbonyl (C=O) groups is 2. The summed E-state index contributed by atoms with van der Waals surface area (Å²) in [6.07, 6.45) is 0.194. The molecular weight excluding hydrogens is 380 g/mol. The second-order valence-corrected chi connectivity index (χ2v) is 6.34. The second-order valence-electron chi connectivity index (χ2n) is 5.04. The average Bonchev–Trinajstić information content (AvgIpc) is 2.50. The fraction of sp³-hybridized carbons (Fsp3) is 0.176. The second kappa shape index (κ2) is 8.13. The van der Waals surface area contributed by atoms with Crippen LogP contribution in [0.3, 0.4) is 0 Å². The molecule has 0 bridgehead atoms. The van der Waals surface area contributed by atoms with Crippen molar-refractivity contribution in [3.63, 3.8) is 0 Å². The molecule has 2 rings (SSSR count). The molecule has 4 nitrogen and oxygen atoms in total. The van der Waals surface area contributed by atoms with Crippen molar-refractivity contribution >= 4 is 45.0 Å². The Balaban J connectivity index is 1.80. The van der Waals surface area contributed by atoms with E-state index in [1.807, 2.05) is 25.1 Å². The van der Waals surface area contributed by atoms with Gasteiger partial charge in [-0.15, -0.1) is 0 Å². The van der Waals surface area contributed by atoms with E-state index in [1.165, 1.54) is 0 Å². The fourth-order valence-electron chi connectivity index (χ4n) is 1.93. The van der Waals surface area contributed by atoms with Gasteiger partial charge in [-0.25, -0.2) is 0 Å². The van der Waals surface area contributed by atoms with Gasteiger partial charge in [0.05, 0.1) is 5.69 Å². The molecule has 0 aliphatic heterocycles. The summed E-state index contributed by atoms with van der Waals surface area (Å²) in [6.45, 7) is 2.24. The molecule has 0 spiro atoms. The molecule has 0 radical (unpaired) electrons. The maximum absolute atomic E-state index is 11.9. The molecule has 0 atom stereocenters. The Morgan fingerprint density at radius 3 is 2.48 bits per heavy atom. The first-order chi connectivity index (χ1) is 11.0. The van der Waals surface area contributed by atoms with Crippen LogP contribution in [0, 0.1) is 6.92 Å². The van der Waals surface area contributed by atoms with Gasteiger partial charge in [-0.2, -0.15) is 0 Å². The highest BCUT2D eigenvalue weighted by Gasteiger charge is 2.08. The summed E-state index contributed by atoms with van der Waals surface area (Å²) >= 11 is 9.18. The molecule has 6 heteroatoms. The predicted octanol–water partition coefficient (Wildman–Crippen LogP) is 4.17. The van der Waals surface area contributed by atoms with Gasteiger partial charge < -0.3 is 10.6 Å². The van der Waals surface area contributed by atoms with Crippen molar-refractivity contribution in [2.75, 3.05) is 11.9 Å². The minimum atomic E-state index is -0.231.